The Labute approximate surface area is 150 Å². The van der Waals surface area contributed by atoms with E-state index in [1.807, 2.05) is 0 Å². The molecule has 10 heteroatoms. The number of aromatic hydroxyl groups is 2. The molecule has 0 amide bonds. The van der Waals surface area contributed by atoms with Gasteiger partial charge in [-0.3, -0.25) is 0 Å². The van der Waals surface area contributed by atoms with Gasteiger partial charge in [0.15, 0.2) is 5.82 Å². The van der Waals surface area contributed by atoms with Gasteiger partial charge in [-0.05, 0) is 19.9 Å². The first-order valence-corrected chi connectivity index (χ1v) is 8.07. The molecule has 0 aromatic carbocycles. The number of hydrogen-bond donors (Lipinski definition) is 3. The van der Waals surface area contributed by atoms with Gasteiger partial charge in [0, 0.05) is 12.6 Å². The van der Waals surface area contributed by atoms with Gasteiger partial charge >= 0.3 is 6.18 Å². The maximum Gasteiger partial charge on any atom is 0.421 e. The highest BCUT2D eigenvalue weighted by Gasteiger charge is 2.64. The van der Waals surface area contributed by atoms with Gasteiger partial charge in [-0.2, -0.15) is 13.2 Å². The molecule has 2 aliphatic heterocycles. The van der Waals surface area contributed by atoms with Crippen LogP contribution < -0.4 is 0 Å². The minimum absolute atomic E-state index is 0.0474. The number of alkyl halides is 3. The first-order valence-electron chi connectivity index (χ1n) is 7.69. The minimum atomic E-state index is -4.86. The van der Waals surface area contributed by atoms with E-state index in [9.17, 15) is 28.5 Å². The summed E-state index contributed by atoms with van der Waals surface area (Å²) >= 11 is 5.71. The third-order valence-electron chi connectivity index (χ3n) is 5.18. The number of pyridine rings is 1. The van der Waals surface area contributed by atoms with Crippen molar-refractivity contribution in [3.8, 4) is 17.6 Å². The molecule has 0 radical (unpaired) electrons. The van der Waals surface area contributed by atoms with Crippen LogP contribution in [0.5, 0.6) is 11.8 Å². The third kappa shape index (κ3) is 1.93. The second kappa shape index (κ2) is 4.85. The molecule has 1 fully saturated rings. The molecule has 2 aliphatic rings. The molecule has 2 aromatic rings. The van der Waals surface area contributed by atoms with Crippen LogP contribution in [0.15, 0.2) is 12.3 Å². The average Bonchev–Trinajstić information content (AvgIpc) is 2.99. The van der Waals surface area contributed by atoms with Crippen molar-refractivity contribution in [3.05, 3.63) is 34.0 Å². The fourth-order valence-corrected chi connectivity index (χ4v) is 4.34. The average molecular weight is 391 g/mol. The summed E-state index contributed by atoms with van der Waals surface area (Å²) in [5, 5.41) is 30.9. The quantitative estimate of drug-likeness (QED) is 0.696. The van der Waals surface area contributed by atoms with Gasteiger partial charge in [-0.15, -0.1) is 0 Å². The van der Waals surface area contributed by atoms with Crippen molar-refractivity contribution in [1.29, 1.82) is 0 Å². The van der Waals surface area contributed by atoms with E-state index in [0.717, 1.165) is 12.3 Å². The van der Waals surface area contributed by atoms with Gasteiger partial charge in [0.1, 0.15) is 11.2 Å². The van der Waals surface area contributed by atoms with Gasteiger partial charge < -0.3 is 20.1 Å². The summed E-state index contributed by atoms with van der Waals surface area (Å²) in [6.45, 7) is 3.10. The summed E-state index contributed by atoms with van der Waals surface area (Å²) in [6, 6.07) is 0.971. The largest absolute Gasteiger partial charge is 0.494 e. The predicted molar refractivity (Wildman–Crippen MR) is 83.3 cm³/mol. The van der Waals surface area contributed by atoms with E-state index in [2.05, 4.69) is 4.98 Å². The fraction of sp³-hybridized carbons (Fsp3) is 0.438. The molecule has 4 heterocycles. The number of fused-ring (bicyclic) bond motifs is 5. The molecule has 0 unspecified atom stereocenters. The van der Waals surface area contributed by atoms with Crippen LogP contribution in [0.25, 0.3) is 5.82 Å². The Morgan fingerprint density at radius 2 is 1.88 bits per heavy atom. The Hall–Kier alpha value is -1.97. The maximum absolute atomic E-state index is 13.5. The fourth-order valence-electron chi connectivity index (χ4n) is 4.09. The standard InChI is InChI=1S/C16H14ClF3N2O4/c1-14-5-7(23)15(2,26-14)10-9(14)12(24)22(13(10)25)11-8(16(18,19)20)6(17)3-4-21-11/h3-4,7,23-25H,5H2,1-2H3/t7-,14+,15-/m1/s1. The summed E-state index contributed by atoms with van der Waals surface area (Å²) in [6.07, 6.45) is -4.68. The highest BCUT2D eigenvalue weighted by Crippen LogP contribution is 2.64. The van der Waals surface area contributed by atoms with E-state index in [0.29, 0.717) is 4.57 Å². The SMILES string of the molecule is C[C@@]12O[C@@](C)(C[C@H]1O)c1c2c(O)n(-c2nccc(Cl)c2C(F)(F)F)c1O. The monoisotopic (exact) mass is 390 g/mol. The van der Waals surface area contributed by atoms with E-state index in [1.165, 1.54) is 6.92 Å². The lowest BCUT2D eigenvalue weighted by atomic mass is 9.78. The number of rotatable bonds is 1. The third-order valence-corrected chi connectivity index (χ3v) is 5.49. The maximum atomic E-state index is 13.5. The van der Waals surface area contributed by atoms with Gasteiger partial charge in [0.05, 0.1) is 27.9 Å². The molecule has 1 saturated heterocycles. The Morgan fingerprint density at radius 1 is 1.27 bits per heavy atom. The zero-order chi connectivity index (χ0) is 19.2. The van der Waals surface area contributed by atoms with Crippen LogP contribution in [0, 0.1) is 0 Å². The molecule has 2 aromatic heterocycles. The van der Waals surface area contributed by atoms with Crippen LogP contribution in [0.3, 0.4) is 0 Å². The minimum Gasteiger partial charge on any atom is -0.494 e. The summed E-state index contributed by atoms with van der Waals surface area (Å²) in [5.41, 5.74) is -3.60. The van der Waals surface area contributed by atoms with Crippen molar-refractivity contribution in [1.82, 2.24) is 9.55 Å². The molecule has 6 nitrogen and oxygen atoms in total. The highest BCUT2D eigenvalue weighted by atomic mass is 35.5. The van der Waals surface area contributed by atoms with E-state index >= 15 is 0 Å². The first kappa shape index (κ1) is 17.4. The number of halogens is 4. The second-order valence-electron chi connectivity index (χ2n) is 6.88. The first-order chi connectivity index (χ1) is 11.9. The molecular formula is C16H14ClF3N2O4. The van der Waals surface area contributed by atoms with Crippen molar-refractivity contribution in [2.45, 2.75) is 43.8 Å². The van der Waals surface area contributed by atoms with E-state index in [4.69, 9.17) is 16.3 Å². The molecule has 140 valence electrons. The molecule has 2 bridgehead atoms. The zero-order valence-electron chi connectivity index (χ0n) is 13.6. The Balaban J connectivity index is 2.06. The second-order valence-corrected chi connectivity index (χ2v) is 7.29. The van der Waals surface area contributed by atoms with Crippen LogP contribution in [0.2, 0.25) is 5.02 Å². The van der Waals surface area contributed by atoms with Crippen molar-refractivity contribution < 1.29 is 33.2 Å². The van der Waals surface area contributed by atoms with Crippen molar-refractivity contribution in [2.24, 2.45) is 0 Å². The van der Waals surface area contributed by atoms with E-state index < -0.39 is 51.6 Å². The van der Waals surface area contributed by atoms with Gasteiger partial charge in [-0.25, -0.2) is 9.55 Å². The van der Waals surface area contributed by atoms with Crippen LogP contribution in [0.1, 0.15) is 37.0 Å². The highest BCUT2D eigenvalue weighted by molar-refractivity contribution is 6.31. The lowest BCUT2D eigenvalue weighted by Crippen LogP contribution is -2.32. The molecule has 0 spiro atoms. The van der Waals surface area contributed by atoms with Gasteiger partial charge in [-0.1, -0.05) is 11.6 Å². The van der Waals surface area contributed by atoms with Gasteiger partial charge in [0.25, 0.3) is 0 Å². The Kier molecular flexibility index (Phi) is 3.25. The van der Waals surface area contributed by atoms with E-state index in [1.54, 1.807) is 6.92 Å². The molecular weight excluding hydrogens is 377 g/mol. The van der Waals surface area contributed by atoms with Crippen LogP contribution in [0.4, 0.5) is 13.2 Å². The lowest BCUT2D eigenvalue weighted by molar-refractivity contribution is -0.137. The number of aliphatic hydroxyl groups is 1. The number of nitrogens with zero attached hydrogens (tertiary/aromatic N) is 2. The zero-order valence-corrected chi connectivity index (χ0v) is 14.4. The van der Waals surface area contributed by atoms with Crippen molar-refractivity contribution >= 4 is 11.6 Å². The van der Waals surface area contributed by atoms with Crippen LogP contribution in [-0.2, 0) is 22.1 Å². The Morgan fingerprint density at radius 3 is 2.50 bits per heavy atom. The molecule has 0 aliphatic carbocycles. The van der Waals surface area contributed by atoms with Crippen LogP contribution in [-0.4, -0.2) is 31.0 Å². The van der Waals surface area contributed by atoms with Gasteiger partial charge in [0.2, 0.25) is 11.8 Å². The molecule has 4 rings (SSSR count). The number of aliphatic hydroxyl groups excluding tert-OH is 1. The molecule has 3 atom stereocenters. The number of ether oxygens (including phenoxy) is 1. The molecule has 3 N–H and O–H groups in total. The van der Waals surface area contributed by atoms with E-state index in [-0.39, 0.29) is 17.5 Å². The molecule has 26 heavy (non-hydrogen) atoms. The predicted octanol–water partition coefficient (Wildman–Crippen LogP) is 3.18. The van der Waals surface area contributed by atoms with Crippen molar-refractivity contribution in [2.75, 3.05) is 0 Å². The molecule has 0 saturated carbocycles. The normalized spacial score (nSPS) is 30.0. The lowest BCUT2D eigenvalue weighted by Gasteiger charge is -2.25. The van der Waals surface area contributed by atoms with Crippen molar-refractivity contribution in [3.63, 3.8) is 0 Å². The Bertz CT molecular complexity index is 945. The topological polar surface area (TPSA) is 87.7 Å². The smallest absolute Gasteiger partial charge is 0.421 e. The number of hydrogen-bond acceptors (Lipinski definition) is 5. The number of aromatic nitrogens is 2. The summed E-state index contributed by atoms with van der Waals surface area (Å²) in [7, 11) is 0. The summed E-state index contributed by atoms with van der Waals surface area (Å²) in [5.74, 6) is -2.06. The summed E-state index contributed by atoms with van der Waals surface area (Å²) < 4.78 is 46.8. The van der Waals surface area contributed by atoms with Crippen LogP contribution >= 0.6 is 11.6 Å². The summed E-state index contributed by atoms with van der Waals surface area (Å²) in [4.78, 5) is 3.68.